The van der Waals surface area contributed by atoms with E-state index in [-0.39, 0.29) is 12.4 Å². The second kappa shape index (κ2) is 10.4. The van der Waals surface area contributed by atoms with Crippen molar-refractivity contribution in [3.63, 3.8) is 0 Å². The predicted molar refractivity (Wildman–Crippen MR) is 154 cm³/mol. The molecule has 1 saturated carbocycles. The van der Waals surface area contributed by atoms with Gasteiger partial charge in [-0.2, -0.15) is 5.10 Å². The lowest BCUT2D eigenvalue weighted by molar-refractivity contribution is -0.142. The van der Waals surface area contributed by atoms with Gasteiger partial charge in [-0.25, -0.2) is 4.98 Å². The van der Waals surface area contributed by atoms with Gasteiger partial charge in [0.2, 0.25) is 0 Å². The molecule has 7 nitrogen and oxygen atoms in total. The Kier molecular flexibility index (Phi) is 6.65. The quantitative estimate of drug-likeness (QED) is 0.233. The fourth-order valence-electron chi connectivity index (χ4n) is 5.24. The molecular formula is C32H32N4O3. The molecule has 1 fully saturated rings. The SMILES string of the molecule is CCOC(=O)Cc1ccc(C)cc1OCc1c2cc(-c3ccc4ccnc(N)c4c3)ccc2nn1C1CCC1. The smallest absolute Gasteiger partial charge is 0.310 e. The van der Waals surface area contributed by atoms with Gasteiger partial charge in [-0.1, -0.05) is 30.3 Å². The zero-order chi connectivity index (χ0) is 26.9. The first kappa shape index (κ1) is 24.9. The molecule has 1 aliphatic carbocycles. The highest BCUT2D eigenvalue weighted by Crippen LogP contribution is 2.37. The van der Waals surface area contributed by atoms with Crippen LogP contribution in [0.4, 0.5) is 5.82 Å². The average molecular weight is 521 g/mol. The maximum Gasteiger partial charge on any atom is 0.310 e. The number of carbonyl (C=O) groups is 1. The molecule has 2 aromatic heterocycles. The zero-order valence-corrected chi connectivity index (χ0v) is 22.3. The van der Waals surface area contributed by atoms with E-state index in [4.69, 9.17) is 20.3 Å². The van der Waals surface area contributed by atoms with E-state index in [1.807, 2.05) is 38.1 Å². The third-order valence-corrected chi connectivity index (χ3v) is 7.58. The number of anilines is 1. The van der Waals surface area contributed by atoms with Crippen LogP contribution in [-0.4, -0.2) is 27.3 Å². The van der Waals surface area contributed by atoms with Gasteiger partial charge in [0.15, 0.2) is 0 Å². The van der Waals surface area contributed by atoms with Crippen LogP contribution in [0.15, 0.2) is 66.9 Å². The van der Waals surface area contributed by atoms with Crippen LogP contribution in [0.25, 0.3) is 32.8 Å². The molecular weight excluding hydrogens is 488 g/mol. The summed E-state index contributed by atoms with van der Waals surface area (Å²) in [7, 11) is 0. The van der Waals surface area contributed by atoms with Gasteiger partial charge in [-0.05, 0) is 85.5 Å². The summed E-state index contributed by atoms with van der Waals surface area (Å²) in [4.78, 5) is 16.5. The van der Waals surface area contributed by atoms with Crippen LogP contribution in [0.5, 0.6) is 5.75 Å². The minimum atomic E-state index is -0.257. The maximum atomic E-state index is 12.2. The van der Waals surface area contributed by atoms with Gasteiger partial charge in [0.25, 0.3) is 0 Å². The number of nitrogens with zero attached hydrogens (tertiary/aromatic N) is 3. The Bertz CT molecular complexity index is 1690. The number of rotatable bonds is 8. The van der Waals surface area contributed by atoms with E-state index in [1.54, 1.807) is 6.20 Å². The fourth-order valence-corrected chi connectivity index (χ4v) is 5.24. The first-order valence-corrected chi connectivity index (χ1v) is 13.5. The van der Waals surface area contributed by atoms with E-state index < -0.39 is 0 Å². The Morgan fingerprint density at radius 3 is 2.59 bits per heavy atom. The molecule has 0 saturated heterocycles. The van der Waals surface area contributed by atoms with Crippen LogP contribution in [0.3, 0.4) is 0 Å². The van der Waals surface area contributed by atoms with Crippen LogP contribution in [-0.2, 0) is 22.6 Å². The lowest BCUT2D eigenvalue weighted by Crippen LogP contribution is -2.21. The Morgan fingerprint density at radius 1 is 1.03 bits per heavy atom. The Balaban J connectivity index is 1.37. The summed E-state index contributed by atoms with van der Waals surface area (Å²) in [5.74, 6) is 0.970. The maximum absolute atomic E-state index is 12.2. The number of aromatic nitrogens is 3. The first-order valence-electron chi connectivity index (χ1n) is 13.5. The van der Waals surface area contributed by atoms with E-state index in [0.717, 1.165) is 62.5 Å². The number of esters is 1. The summed E-state index contributed by atoms with van der Waals surface area (Å²) >= 11 is 0. The number of pyridine rings is 1. The largest absolute Gasteiger partial charge is 0.487 e. The molecule has 0 spiro atoms. The molecule has 0 unspecified atom stereocenters. The molecule has 6 rings (SSSR count). The number of aryl methyl sites for hydroxylation is 1. The van der Waals surface area contributed by atoms with Crippen molar-refractivity contribution in [2.75, 3.05) is 12.3 Å². The highest BCUT2D eigenvalue weighted by Gasteiger charge is 2.25. The summed E-state index contributed by atoms with van der Waals surface area (Å²) in [6, 6.07) is 21.0. The normalized spacial score (nSPS) is 13.5. The molecule has 0 radical (unpaired) electrons. The third kappa shape index (κ3) is 4.92. The van der Waals surface area contributed by atoms with Crippen molar-refractivity contribution in [2.45, 2.75) is 52.2 Å². The highest BCUT2D eigenvalue weighted by atomic mass is 16.5. The van der Waals surface area contributed by atoms with Crippen LogP contribution in [0.1, 0.15) is 49.0 Å². The van der Waals surface area contributed by atoms with E-state index in [2.05, 4.69) is 46.1 Å². The molecule has 39 heavy (non-hydrogen) atoms. The molecule has 3 aromatic carbocycles. The van der Waals surface area contributed by atoms with Gasteiger partial charge in [-0.15, -0.1) is 0 Å². The van der Waals surface area contributed by atoms with Crippen molar-refractivity contribution < 1.29 is 14.3 Å². The molecule has 1 aliphatic rings. The van der Waals surface area contributed by atoms with E-state index in [1.165, 1.54) is 6.42 Å². The van der Waals surface area contributed by atoms with E-state index >= 15 is 0 Å². The minimum Gasteiger partial charge on any atom is -0.487 e. The van der Waals surface area contributed by atoms with Gasteiger partial charge in [0, 0.05) is 22.5 Å². The molecule has 0 atom stereocenters. The summed E-state index contributed by atoms with van der Waals surface area (Å²) in [6.07, 6.45) is 5.35. The van der Waals surface area contributed by atoms with Gasteiger partial charge in [0.1, 0.15) is 18.2 Å². The monoisotopic (exact) mass is 520 g/mol. The van der Waals surface area contributed by atoms with E-state index in [0.29, 0.717) is 30.8 Å². The van der Waals surface area contributed by atoms with Crippen LogP contribution < -0.4 is 10.5 Å². The number of carbonyl (C=O) groups excluding carboxylic acids is 1. The lowest BCUT2D eigenvalue weighted by Gasteiger charge is -2.27. The lowest BCUT2D eigenvalue weighted by atomic mass is 9.93. The molecule has 7 heteroatoms. The van der Waals surface area contributed by atoms with Crippen LogP contribution in [0.2, 0.25) is 0 Å². The van der Waals surface area contributed by atoms with Crippen molar-refractivity contribution in [1.82, 2.24) is 14.8 Å². The van der Waals surface area contributed by atoms with E-state index in [9.17, 15) is 4.79 Å². The molecule has 0 bridgehead atoms. The van der Waals surface area contributed by atoms with Crippen molar-refractivity contribution in [2.24, 2.45) is 0 Å². The van der Waals surface area contributed by atoms with Gasteiger partial charge in [-0.3, -0.25) is 9.48 Å². The zero-order valence-electron chi connectivity index (χ0n) is 22.3. The number of ether oxygens (including phenoxy) is 2. The van der Waals surface area contributed by atoms with Crippen molar-refractivity contribution in [1.29, 1.82) is 0 Å². The Morgan fingerprint density at radius 2 is 1.82 bits per heavy atom. The predicted octanol–water partition coefficient (Wildman–Crippen LogP) is 6.55. The Hall–Kier alpha value is -4.39. The van der Waals surface area contributed by atoms with Crippen LogP contribution in [0, 0.1) is 6.92 Å². The Labute approximate surface area is 227 Å². The number of fused-ring (bicyclic) bond motifs is 2. The molecule has 198 valence electrons. The van der Waals surface area contributed by atoms with Crippen molar-refractivity contribution in [3.8, 4) is 16.9 Å². The summed E-state index contributed by atoms with van der Waals surface area (Å²) in [5, 5.41) is 8.07. The number of benzene rings is 3. The molecule has 0 aliphatic heterocycles. The number of nitrogen functional groups attached to an aromatic ring is 1. The summed E-state index contributed by atoms with van der Waals surface area (Å²) in [5.41, 5.74) is 12.2. The second-order valence-corrected chi connectivity index (χ2v) is 10.2. The summed E-state index contributed by atoms with van der Waals surface area (Å²) < 4.78 is 13.8. The number of nitrogens with two attached hydrogens (primary N) is 1. The van der Waals surface area contributed by atoms with Gasteiger partial charge < -0.3 is 15.2 Å². The number of hydrogen-bond acceptors (Lipinski definition) is 6. The fraction of sp³-hybridized carbons (Fsp3) is 0.281. The topological polar surface area (TPSA) is 92.3 Å². The standard InChI is InChI=1S/C32H32N4O3/c1-3-38-31(37)18-24-8-7-20(2)15-30(24)39-19-29-27-17-23(11-12-28(27)35-36(29)25-5-4-6-25)22-10-9-21-13-14-34-32(33)26(21)16-22/h7-17,25H,3-6,18-19H2,1-2H3,(H2,33,34). The summed E-state index contributed by atoms with van der Waals surface area (Å²) in [6.45, 7) is 4.54. The van der Waals surface area contributed by atoms with Gasteiger partial charge in [0.05, 0.1) is 30.3 Å². The first-order chi connectivity index (χ1) is 19.0. The minimum absolute atomic E-state index is 0.177. The highest BCUT2D eigenvalue weighted by molar-refractivity contribution is 5.95. The van der Waals surface area contributed by atoms with Gasteiger partial charge >= 0.3 is 5.97 Å². The molecule has 0 amide bonds. The molecule has 5 aromatic rings. The average Bonchev–Trinajstić information content (AvgIpc) is 3.25. The third-order valence-electron chi connectivity index (χ3n) is 7.58. The molecule has 2 N–H and O–H groups in total. The van der Waals surface area contributed by atoms with Crippen LogP contribution >= 0.6 is 0 Å². The second-order valence-electron chi connectivity index (χ2n) is 10.2. The van der Waals surface area contributed by atoms with Crippen molar-refractivity contribution in [3.05, 3.63) is 83.7 Å². The number of hydrogen-bond donors (Lipinski definition) is 1. The molecule has 2 heterocycles. The van der Waals surface area contributed by atoms with Crippen molar-refractivity contribution >= 4 is 33.5 Å².